The number of hydrogen-bond acceptors (Lipinski definition) is 4. The van der Waals surface area contributed by atoms with E-state index in [9.17, 15) is 0 Å². The highest BCUT2D eigenvalue weighted by Crippen LogP contribution is 1.98. The average molecular weight is 264 g/mol. The molecule has 0 amide bonds. The Kier molecular flexibility index (Phi) is 5.04. The van der Waals surface area contributed by atoms with Gasteiger partial charge < -0.3 is 10.2 Å². The van der Waals surface area contributed by atoms with Crippen molar-refractivity contribution in [3.8, 4) is 0 Å². The monoisotopic (exact) mass is 264 g/mol. The topological polar surface area (TPSA) is 31.4 Å². The van der Waals surface area contributed by atoms with Gasteiger partial charge in [0.2, 0.25) is 0 Å². The minimum atomic E-state index is 0.740. The molecule has 1 aliphatic rings. The van der Waals surface area contributed by atoms with Gasteiger partial charge in [0.15, 0.2) is 0 Å². The van der Waals surface area contributed by atoms with Crippen LogP contribution >= 0.6 is 12.2 Å². The number of aromatic nitrogens is 1. The molecule has 1 saturated heterocycles. The van der Waals surface area contributed by atoms with Gasteiger partial charge in [-0.25, -0.2) is 0 Å². The Morgan fingerprint density at radius 3 is 2.78 bits per heavy atom. The van der Waals surface area contributed by atoms with Crippen molar-refractivity contribution in [2.45, 2.75) is 0 Å². The Balaban J connectivity index is 1.68. The third-order valence-electron chi connectivity index (χ3n) is 3.21. The predicted octanol–water partition coefficient (Wildman–Crippen LogP) is 0.594. The van der Waals surface area contributed by atoms with Crippen molar-refractivity contribution >= 4 is 17.2 Å². The van der Waals surface area contributed by atoms with E-state index in [-0.39, 0.29) is 0 Å². The molecule has 18 heavy (non-hydrogen) atoms. The van der Waals surface area contributed by atoms with Crippen molar-refractivity contribution in [2.75, 3.05) is 46.3 Å². The van der Waals surface area contributed by atoms with Crippen molar-refractivity contribution in [2.24, 2.45) is 0 Å². The van der Waals surface area contributed by atoms with Gasteiger partial charge in [-0.05, 0) is 19.2 Å². The second-order valence-electron chi connectivity index (χ2n) is 4.62. The van der Waals surface area contributed by atoms with Crippen LogP contribution in [0.15, 0.2) is 24.4 Å². The first kappa shape index (κ1) is 13.4. The SMILES string of the molecule is CN1CCN(CCNC(=S)c2ccccn2)CC1. The molecule has 0 unspecified atom stereocenters. The number of likely N-dealkylation sites (N-methyl/N-ethyl adjacent to an activating group) is 1. The molecule has 1 aliphatic heterocycles. The van der Waals surface area contributed by atoms with Gasteiger partial charge in [0.1, 0.15) is 4.99 Å². The second-order valence-corrected chi connectivity index (χ2v) is 5.02. The largest absolute Gasteiger partial charge is 0.373 e. The summed E-state index contributed by atoms with van der Waals surface area (Å²) in [5, 5.41) is 3.27. The number of rotatable bonds is 4. The van der Waals surface area contributed by atoms with Crippen LogP contribution in [0.5, 0.6) is 0 Å². The molecule has 0 aromatic carbocycles. The lowest BCUT2D eigenvalue weighted by Crippen LogP contribution is -2.46. The van der Waals surface area contributed by atoms with Gasteiger partial charge in [0.05, 0.1) is 5.69 Å². The van der Waals surface area contributed by atoms with E-state index in [1.54, 1.807) is 6.20 Å². The van der Waals surface area contributed by atoms with Crippen molar-refractivity contribution < 1.29 is 0 Å². The maximum atomic E-state index is 5.31. The molecule has 0 aliphatic carbocycles. The first-order chi connectivity index (χ1) is 8.75. The smallest absolute Gasteiger partial charge is 0.125 e. The second kappa shape index (κ2) is 6.78. The maximum absolute atomic E-state index is 5.31. The minimum Gasteiger partial charge on any atom is -0.373 e. The molecule has 0 radical (unpaired) electrons. The zero-order chi connectivity index (χ0) is 12.8. The van der Waals surface area contributed by atoms with E-state index in [0.717, 1.165) is 50.0 Å². The summed E-state index contributed by atoms with van der Waals surface area (Å²) in [6, 6.07) is 5.79. The van der Waals surface area contributed by atoms with Gasteiger partial charge in [-0.15, -0.1) is 0 Å². The van der Waals surface area contributed by atoms with Gasteiger partial charge in [-0.3, -0.25) is 9.88 Å². The van der Waals surface area contributed by atoms with E-state index in [4.69, 9.17) is 12.2 Å². The first-order valence-corrected chi connectivity index (χ1v) is 6.76. The van der Waals surface area contributed by atoms with Crippen LogP contribution in [-0.2, 0) is 0 Å². The molecule has 1 aromatic heterocycles. The van der Waals surface area contributed by atoms with Gasteiger partial charge in [-0.2, -0.15) is 0 Å². The van der Waals surface area contributed by atoms with Gasteiger partial charge in [0.25, 0.3) is 0 Å². The lowest BCUT2D eigenvalue weighted by molar-refractivity contribution is 0.156. The number of piperazine rings is 1. The third kappa shape index (κ3) is 4.01. The van der Waals surface area contributed by atoms with Crippen LogP contribution in [0.25, 0.3) is 0 Å². The zero-order valence-corrected chi connectivity index (χ0v) is 11.6. The molecule has 4 nitrogen and oxygen atoms in total. The van der Waals surface area contributed by atoms with Gasteiger partial charge in [0, 0.05) is 45.5 Å². The molecular weight excluding hydrogens is 244 g/mol. The van der Waals surface area contributed by atoms with Crippen molar-refractivity contribution in [3.05, 3.63) is 30.1 Å². The molecule has 1 aromatic rings. The highest BCUT2D eigenvalue weighted by Gasteiger charge is 2.13. The number of nitrogens with one attached hydrogen (secondary N) is 1. The molecule has 2 rings (SSSR count). The van der Waals surface area contributed by atoms with Gasteiger partial charge >= 0.3 is 0 Å². The lowest BCUT2D eigenvalue weighted by atomic mass is 10.3. The van der Waals surface area contributed by atoms with Crippen LogP contribution in [-0.4, -0.2) is 66.1 Å². The van der Waals surface area contributed by atoms with Crippen molar-refractivity contribution in [1.82, 2.24) is 20.1 Å². The third-order valence-corrected chi connectivity index (χ3v) is 3.56. The lowest BCUT2D eigenvalue weighted by Gasteiger charge is -2.32. The quantitative estimate of drug-likeness (QED) is 0.805. The summed E-state index contributed by atoms with van der Waals surface area (Å²) >= 11 is 5.31. The van der Waals surface area contributed by atoms with Crippen LogP contribution in [0, 0.1) is 0 Å². The Hall–Kier alpha value is -1.04. The molecule has 0 atom stereocenters. The van der Waals surface area contributed by atoms with Crippen LogP contribution < -0.4 is 5.32 Å². The molecule has 2 heterocycles. The van der Waals surface area contributed by atoms with E-state index in [1.807, 2.05) is 18.2 Å². The molecule has 1 fully saturated rings. The van der Waals surface area contributed by atoms with Crippen LogP contribution in [0.3, 0.4) is 0 Å². The van der Waals surface area contributed by atoms with E-state index < -0.39 is 0 Å². The normalized spacial score (nSPS) is 17.6. The molecule has 5 heteroatoms. The summed E-state index contributed by atoms with van der Waals surface area (Å²) in [5.41, 5.74) is 0.853. The Labute approximate surface area is 114 Å². The fraction of sp³-hybridized carbons (Fsp3) is 0.538. The van der Waals surface area contributed by atoms with E-state index >= 15 is 0 Å². The fourth-order valence-electron chi connectivity index (χ4n) is 1.99. The number of thiocarbonyl (C=S) groups is 1. The summed E-state index contributed by atoms with van der Waals surface area (Å²) in [6.07, 6.45) is 1.77. The van der Waals surface area contributed by atoms with E-state index in [2.05, 4.69) is 27.1 Å². The summed E-state index contributed by atoms with van der Waals surface area (Å²) in [4.78, 5) is 9.80. The summed E-state index contributed by atoms with van der Waals surface area (Å²) in [6.45, 7) is 6.54. The molecule has 0 saturated carbocycles. The van der Waals surface area contributed by atoms with Crippen molar-refractivity contribution in [1.29, 1.82) is 0 Å². The molecule has 98 valence electrons. The number of pyridine rings is 1. The predicted molar refractivity (Wildman–Crippen MR) is 77.9 cm³/mol. The van der Waals surface area contributed by atoms with E-state index in [1.165, 1.54) is 0 Å². The average Bonchev–Trinajstić information content (AvgIpc) is 2.42. The van der Waals surface area contributed by atoms with Crippen LogP contribution in [0.4, 0.5) is 0 Å². The first-order valence-electron chi connectivity index (χ1n) is 6.36. The Bertz CT molecular complexity index is 374. The summed E-state index contributed by atoms with van der Waals surface area (Å²) < 4.78 is 0. The van der Waals surface area contributed by atoms with E-state index in [0.29, 0.717) is 0 Å². The highest BCUT2D eigenvalue weighted by molar-refractivity contribution is 7.80. The number of nitrogens with zero attached hydrogens (tertiary/aromatic N) is 3. The maximum Gasteiger partial charge on any atom is 0.125 e. The molecule has 0 spiro atoms. The van der Waals surface area contributed by atoms with Crippen LogP contribution in [0.1, 0.15) is 5.69 Å². The molecular formula is C13H20N4S. The summed E-state index contributed by atoms with van der Waals surface area (Å²) in [7, 11) is 2.17. The van der Waals surface area contributed by atoms with Crippen molar-refractivity contribution in [3.63, 3.8) is 0 Å². The molecule has 0 bridgehead atoms. The standard InChI is InChI=1S/C13H20N4S/c1-16-8-10-17(11-9-16)7-6-15-13(18)12-4-2-3-5-14-12/h2-5H,6-11H2,1H3,(H,15,18). The Morgan fingerprint density at radius 1 is 1.33 bits per heavy atom. The fourth-order valence-corrected chi connectivity index (χ4v) is 2.21. The molecule has 1 N–H and O–H groups in total. The zero-order valence-electron chi connectivity index (χ0n) is 10.8. The van der Waals surface area contributed by atoms with Crippen LogP contribution in [0.2, 0.25) is 0 Å². The Morgan fingerprint density at radius 2 is 2.11 bits per heavy atom. The number of hydrogen-bond donors (Lipinski definition) is 1. The highest BCUT2D eigenvalue weighted by atomic mass is 32.1. The minimum absolute atomic E-state index is 0.740. The summed E-state index contributed by atoms with van der Waals surface area (Å²) in [5.74, 6) is 0. The van der Waals surface area contributed by atoms with Gasteiger partial charge in [-0.1, -0.05) is 18.3 Å².